The van der Waals surface area contributed by atoms with Crippen LogP contribution in [0.5, 0.6) is 0 Å². The van der Waals surface area contributed by atoms with E-state index >= 15 is 0 Å². The van der Waals surface area contributed by atoms with Gasteiger partial charge in [0, 0.05) is 6.54 Å². The molecule has 1 unspecified atom stereocenters. The van der Waals surface area contributed by atoms with E-state index in [9.17, 15) is 4.79 Å². The Morgan fingerprint density at radius 1 is 1.35 bits per heavy atom. The first-order chi connectivity index (χ1) is 10.4. The number of para-hydroxylation sites is 1. The van der Waals surface area contributed by atoms with Crippen LogP contribution in [-0.4, -0.2) is 33.0 Å². The molecule has 0 radical (unpaired) electrons. The molecule has 126 valence electrons. The molecule has 1 amide bonds. The summed E-state index contributed by atoms with van der Waals surface area (Å²) in [7, 11) is 0. The third kappa shape index (κ3) is 5.04. The van der Waals surface area contributed by atoms with Crippen LogP contribution < -0.4 is 11.1 Å². The van der Waals surface area contributed by atoms with E-state index in [0.717, 1.165) is 12.1 Å². The summed E-state index contributed by atoms with van der Waals surface area (Å²) in [5.74, 6) is 0.185. The Labute approximate surface area is 142 Å². The second-order valence-corrected chi connectivity index (χ2v) is 6.17. The van der Waals surface area contributed by atoms with Crippen LogP contribution in [0.3, 0.4) is 0 Å². The Bertz CT molecular complexity index is 628. The summed E-state index contributed by atoms with van der Waals surface area (Å²) in [4.78, 5) is 13.8. The lowest BCUT2D eigenvalue weighted by Gasteiger charge is -2.30. The third-order valence-corrected chi connectivity index (χ3v) is 3.44. The lowest BCUT2D eigenvalue weighted by molar-refractivity contribution is 0.0892. The van der Waals surface area contributed by atoms with Gasteiger partial charge < -0.3 is 11.1 Å². The summed E-state index contributed by atoms with van der Waals surface area (Å²) in [6, 6.07) is 9.47. The highest BCUT2D eigenvalue weighted by molar-refractivity contribution is 5.92. The van der Waals surface area contributed by atoms with Crippen LogP contribution in [0, 0.1) is 5.92 Å². The molecule has 23 heavy (non-hydrogen) atoms. The van der Waals surface area contributed by atoms with Gasteiger partial charge in [-0.05, 0) is 31.4 Å². The topological polar surface area (TPSA) is 85.8 Å². The molecule has 0 aliphatic carbocycles. The average molecular weight is 338 g/mol. The number of hydrogen-bond donors (Lipinski definition) is 2. The van der Waals surface area contributed by atoms with Crippen molar-refractivity contribution >= 4 is 18.3 Å². The second-order valence-electron chi connectivity index (χ2n) is 6.17. The molecule has 7 heteroatoms. The zero-order chi connectivity index (χ0) is 16.2. The molecule has 1 aromatic carbocycles. The summed E-state index contributed by atoms with van der Waals surface area (Å²) >= 11 is 0. The molecule has 1 heterocycles. The van der Waals surface area contributed by atoms with Crippen molar-refractivity contribution in [3.05, 3.63) is 42.2 Å². The molecule has 0 bridgehead atoms. The van der Waals surface area contributed by atoms with E-state index < -0.39 is 5.54 Å². The lowest BCUT2D eigenvalue weighted by atomic mass is 9.90. The molecule has 6 nitrogen and oxygen atoms in total. The SMILES string of the molecule is CC(C)CC(C)(CN)NC(=O)c1cnn(-c2ccccc2)n1.Cl. The van der Waals surface area contributed by atoms with Crippen LogP contribution in [-0.2, 0) is 0 Å². The molecule has 0 aliphatic rings. The smallest absolute Gasteiger partial charge is 0.273 e. The van der Waals surface area contributed by atoms with E-state index in [2.05, 4.69) is 29.4 Å². The first-order valence-electron chi connectivity index (χ1n) is 7.44. The maximum absolute atomic E-state index is 12.4. The molecule has 1 aromatic heterocycles. The number of nitrogens with one attached hydrogen (secondary N) is 1. The van der Waals surface area contributed by atoms with E-state index in [1.54, 1.807) is 0 Å². The summed E-state index contributed by atoms with van der Waals surface area (Å²) in [5.41, 5.74) is 6.47. The van der Waals surface area contributed by atoms with Crippen LogP contribution in [0.15, 0.2) is 36.5 Å². The number of hydrogen-bond acceptors (Lipinski definition) is 4. The van der Waals surface area contributed by atoms with Gasteiger partial charge in [-0.15, -0.1) is 17.5 Å². The normalized spacial score (nSPS) is 13.3. The molecule has 1 atom stereocenters. The number of benzene rings is 1. The number of halogens is 1. The first kappa shape index (κ1) is 19.1. The monoisotopic (exact) mass is 337 g/mol. The number of rotatable bonds is 6. The highest BCUT2D eigenvalue weighted by Gasteiger charge is 2.27. The minimum absolute atomic E-state index is 0. The number of carbonyl (C=O) groups excluding carboxylic acids is 1. The van der Waals surface area contributed by atoms with Crippen molar-refractivity contribution in [1.82, 2.24) is 20.3 Å². The van der Waals surface area contributed by atoms with Crippen molar-refractivity contribution in [3.63, 3.8) is 0 Å². The molecular weight excluding hydrogens is 314 g/mol. The van der Waals surface area contributed by atoms with Crippen LogP contribution in [0.1, 0.15) is 37.7 Å². The van der Waals surface area contributed by atoms with Gasteiger partial charge >= 0.3 is 0 Å². The average Bonchev–Trinajstić information content (AvgIpc) is 2.97. The van der Waals surface area contributed by atoms with Gasteiger partial charge in [0.05, 0.1) is 17.4 Å². The van der Waals surface area contributed by atoms with Crippen molar-refractivity contribution < 1.29 is 4.79 Å². The quantitative estimate of drug-likeness (QED) is 0.846. The molecule has 3 N–H and O–H groups in total. The highest BCUT2D eigenvalue weighted by atomic mass is 35.5. The van der Waals surface area contributed by atoms with Gasteiger partial charge in [-0.25, -0.2) is 0 Å². The number of aromatic nitrogens is 3. The largest absolute Gasteiger partial charge is 0.344 e. The van der Waals surface area contributed by atoms with Gasteiger partial charge in [-0.2, -0.15) is 9.90 Å². The number of carbonyl (C=O) groups is 1. The van der Waals surface area contributed by atoms with E-state index in [1.165, 1.54) is 11.0 Å². The van der Waals surface area contributed by atoms with Crippen molar-refractivity contribution in [2.75, 3.05) is 6.54 Å². The highest BCUT2D eigenvalue weighted by Crippen LogP contribution is 2.16. The fourth-order valence-corrected chi connectivity index (χ4v) is 2.48. The Morgan fingerprint density at radius 3 is 2.57 bits per heavy atom. The van der Waals surface area contributed by atoms with Crippen LogP contribution in [0.2, 0.25) is 0 Å². The summed E-state index contributed by atoms with van der Waals surface area (Å²) in [6.07, 6.45) is 2.27. The van der Waals surface area contributed by atoms with Crippen molar-refractivity contribution in [3.8, 4) is 5.69 Å². The van der Waals surface area contributed by atoms with Gasteiger partial charge in [-0.3, -0.25) is 4.79 Å². The molecule has 0 spiro atoms. The van der Waals surface area contributed by atoms with E-state index in [4.69, 9.17) is 5.73 Å². The Balaban J connectivity index is 0.00000264. The van der Waals surface area contributed by atoms with E-state index in [-0.39, 0.29) is 24.0 Å². The standard InChI is InChI=1S/C16H23N5O.ClH/c1-12(2)9-16(3,11-17)19-15(22)14-10-18-21(20-14)13-7-5-4-6-8-13;/h4-8,10,12H,9,11,17H2,1-3H3,(H,19,22);1H. The van der Waals surface area contributed by atoms with Gasteiger partial charge in [0.25, 0.3) is 5.91 Å². The summed E-state index contributed by atoms with van der Waals surface area (Å²) in [5, 5.41) is 11.3. The zero-order valence-corrected chi connectivity index (χ0v) is 14.5. The maximum atomic E-state index is 12.4. The number of amides is 1. The van der Waals surface area contributed by atoms with Crippen LogP contribution in [0.4, 0.5) is 0 Å². The zero-order valence-electron chi connectivity index (χ0n) is 13.7. The predicted molar refractivity (Wildman–Crippen MR) is 93.0 cm³/mol. The van der Waals surface area contributed by atoms with Gasteiger partial charge in [0.2, 0.25) is 0 Å². The summed E-state index contributed by atoms with van der Waals surface area (Å²) < 4.78 is 0. The fraction of sp³-hybridized carbons (Fsp3) is 0.438. The van der Waals surface area contributed by atoms with Crippen LogP contribution >= 0.6 is 12.4 Å². The Kier molecular flexibility index (Phi) is 6.72. The first-order valence-corrected chi connectivity index (χ1v) is 7.44. The maximum Gasteiger partial charge on any atom is 0.273 e. The molecule has 0 saturated carbocycles. The minimum atomic E-state index is -0.443. The number of nitrogens with two attached hydrogens (primary N) is 1. The Hall–Kier alpha value is -1.92. The number of nitrogens with zero attached hydrogens (tertiary/aromatic N) is 3. The fourth-order valence-electron chi connectivity index (χ4n) is 2.48. The van der Waals surface area contributed by atoms with Gasteiger partial charge in [0.15, 0.2) is 5.69 Å². The molecule has 0 aliphatic heterocycles. The second kappa shape index (κ2) is 8.08. The molecule has 0 fully saturated rings. The van der Waals surface area contributed by atoms with Crippen molar-refractivity contribution in [1.29, 1.82) is 0 Å². The van der Waals surface area contributed by atoms with E-state index in [1.807, 2.05) is 37.3 Å². The van der Waals surface area contributed by atoms with E-state index in [0.29, 0.717) is 12.5 Å². The molecule has 2 aromatic rings. The lowest BCUT2D eigenvalue weighted by Crippen LogP contribution is -2.52. The van der Waals surface area contributed by atoms with Crippen LogP contribution in [0.25, 0.3) is 5.69 Å². The van der Waals surface area contributed by atoms with Gasteiger partial charge in [0.1, 0.15) is 0 Å². The summed E-state index contributed by atoms with van der Waals surface area (Å²) in [6.45, 7) is 6.54. The Morgan fingerprint density at radius 2 is 2.00 bits per heavy atom. The minimum Gasteiger partial charge on any atom is -0.344 e. The molecular formula is C16H24ClN5O. The molecule has 2 rings (SSSR count). The van der Waals surface area contributed by atoms with Crippen molar-refractivity contribution in [2.24, 2.45) is 11.7 Å². The third-order valence-electron chi connectivity index (χ3n) is 3.44. The van der Waals surface area contributed by atoms with Gasteiger partial charge in [-0.1, -0.05) is 32.0 Å². The molecule has 0 saturated heterocycles. The predicted octanol–water partition coefficient (Wildman–Crippen LogP) is 2.18. The van der Waals surface area contributed by atoms with Crippen molar-refractivity contribution in [2.45, 2.75) is 32.7 Å².